The topological polar surface area (TPSA) is 77.0 Å². The highest BCUT2D eigenvalue weighted by atomic mass is 32.1. The molecule has 1 aromatic heterocycles. The predicted molar refractivity (Wildman–Crippen MR) is 49.5 cm³/mol. The zero-order valence-electron chi connectivity index (χ0n) is 6.71. The Morgan fingerprint density at radius 2 is 2.42 bits per heavy atom. The summed E-state index contributed by atoms with van der Waals surface area (Å²) in [5.41, 5.74) is 9.44. The number of rotatable bonds is 1. The largest absolute Gasteiger partial charge is 0.375 e. The number of aromatic nitrogens is 1. The second-order valence-corrected chi connectivity index (χ2v) is 4.09. The van der Waals surface area contributed by atoms with Crippen LogP contribution in [-0.4, -0.2) is 4.98 Å². The Labute approximate surface area is 74.9 Å². The van der Waals surface area contributed by atoms with Gasteiger partial charge in [-0.1, -0.05) is 0 Å². The van der Waals surface area contributed by atoms with Gasteiger partial charge in [0.05, 0.1) is 11.7 Å². The number of nitrogens with one attached hydrogen (secondary N) is 1. The highest BCUT2D eigenvalue weighted by molar-refractivity contribution is 7.15. The van der Waals surface area contributed by atoms with Crippen molar-refractivity contribution in [2.45, 2.75) is 25.3 Å². The Morgan fingerprint density at radius 3 is 3.17 bits per heavy atom. The molecular formula is C7H12N4S. The maximum atomic E-state index is 5.61. The number of hydrogen-bond donors (Lipinski definition) is 3. The monoisotopic (exact) mass is 184 g/mol. The molecule has 0 fully saturated rings. The fraction of sp³-hybridized carbons (Fsp3) is 0.571. The molecule has 0 saturated carbocycles. The number of nitrogens with two attached hydrogens (primary N) is 2. The molecule has 0 amide bonds. The third-order valence-corrected chi connectivity index (χ3v) is 3.13. The number of thiazole rings is 1. The van der Waals surface area contributed by atoms with Gasteiger partial charge in [0, 0.05) is 4.88 Å². The van der Waals surface area contributed by atoms with Crippen LogP contribution in [0.3, 0.4) is 0 Å². The number of nitrogens with zero attached hydrogens (tertiary/aromatic N) is 1. The SMILES string of the molecule is NNC1CCCc2sc(N)nc21. The lowest BCUT2D eigenvalue weighted by molar-refractivity contribution is 0.465. The lowest BCUT2D eigenvalue weighted by Crippen LogP contribution is -2.30. The van der Waals surface area contributed by atoms with Crippen LogP contribution < -0.4 is 17.0 Å². The molecule has 4 nitrogen and oxygen atoms in total. The summed E-state index contributed by atoms with van der Waals surface area (Å²) in [5.74, 6) is 5.40. The Kier molecular flexibility index (Phi) is 2.00. The van der Waals surface area contributed by atoms with Crippen molar-refractivity contribution in [3.05, 3.63) is 10.6 Å². The van der Waals surface area contributed by atoms with Crippen LogP contribution in [0.15, 0.2) is 0 Å². The van der Waals surface area contributed by atoms with Gasteiger partial charge < -0.3 is 5.73 Å². The quantitative estimate of drug-likeness (QED) is 0.440. The Balaban J connectivity index is 2.36. The molecule has 0 radical (unpaired) electrons. The van der Waals surface area contributed by atoms with Gasteiger partial charge in [-0.25, -0.2) is 4.98 Å². The van der Waals surface area contributed by atoms with Crippen molar-refractivity contribution in [1.82, 2.24) is 10.4 Å². The highest BCUT2D eigenvalue weighted by Gasteiger charge is 2.22. The Bertz CT molecular complexity index is 283. The fourth-order valence-corrected chi connectivity index (χ4v) is 2.53. The van der Waals surface area contributed by atoms with Crippen molar-refractivity contribution in [2.75, 3.05) is 5.73 Å². The van der Waals surface area contributed by atoms with Crippen LogP contribution in [0.1, 0.15) is 29.5 Å². The van der Waals surface area contributed by atoms with E-state index in [0.29, 0.717) is 5.13 Å². The summed E-state index contributed by atoms with van der Waals surface area (Å²) in [6.45, 7) is 0. The summed E-state index contributed by atoms with van der Waals surface area (Å²) in [6, 6.07) is 0.210. The van der Waals surface area contributed by atoms with E-state index in [1.54, 1.807) is 11.3 Å². The Morgan fingerprint density at radius 1 is 1.58 bits per heavy atom. The average Bonchev–Trinajstić information content (AvgIpc) is 2.44. The lowest BCUT2D eigenvalue weighted by Gasteiger charge is -2.19. The van der Waals surface area contributed by atoms with Crippen LogP contribution in [-0.2, 0) is 6.42 Å². The molecule has 0 aliphatic heterocycles. The van der Waals surface area contributed by atoms with Crippen LogP contribution in [0.4, 0.5) is 5.13 Å². The standard InChI is InChI=1S/C7H12N4S/c8-7-10-6-4(11-9)2-1-3-5(6)12-7/h4,11H,1-3,9H2,(H2,8,10). The first-order chi connectivity index (χ1) is 5.81. The molecule has 2 rings (SSSR count). The van der Waals surface area contributed by atoms with Crippen molar-refractivity contribution in [3.63, 3.8) is 0 Å². The van der Waals surface area contributed by atoms with Gasteiger partial charge in [0.2, 0.25) is 0 Å². The zero-order chi connectivity index (χ0) is 8.55. The van der Waals surface area contributed by atoms with E-state index >= 15 is 0 Å². The van der Waals surface area contributed by atoms with E-state index in [1.807, 2.05) is 0 Å². The second-order valence-electron chi connectivity index (χ2n) is 2.97. The smallest absolute Gasteiger partial charge is 0.180 e. The Hall–Kier alpha value is -0.650. The number of fused-ring (bicyclic) bond motifs is 1. The molecule has 12 heavy (non-hydrogen) atoms. The molecule has 5 N–H and O–H groups in total. The molecule has 1 heterocycles. The first kappa shape index (κ1) is 7.97. The molecular weight excluding hydrogens is 172 g/mol. The van der Waals surface area contributed by atoms with Crippen LogP contribution in [0, 0.1) is 0 Å². The summed E-state index contributed by atoms with van der Waals surface area (Å²) in [5, 5.41) is 0.655. The van der Waals surface area contributed by atoms with Gasteiger partial charge in [0.15, 0.2) is 5.13 Å². The number of nitrogen functional groups attached to an aromatic ring is 1. The minimum Gasteiger partial charge on any atom is -0.375 e. The molecule has 1 aromatic rings. The van der Waals surface area contributed by atoms with Crippen molar-refractivity contribution >= 4 is 16.5 Å². The summed E-state index contributed by atoms with van der Waals surface area (Å²) in [4.78, 5) is 5.55. The summed E-state index contributed by atoms with van der Waals surface area (Å²) in [6.07, 6.45) is 3.33. The first-order valence-corrected chi connectivity index (χ1v) is 4.84. The molecule has 0 bridgehead atoms. The minimum absolute atomic E-state index is 0.210. The molecule has 1 aliphatic rings. The van der Waals surface area contributed by atoms with E-state index in [1.165, 1.54) is 11.3 Å². The highest BCUT2D eigenvalue weighted by Crippen LogP contribution is 2.33. The van der Waals surface area contributed by atoms with Gasteiger partial charge in [-0.15, -0.1) is 11.3 Å². The van der Waals surface area contributed by atoms with Gasteiger partial charge in [-0.05, 0) is 19.3 Å². The predicted octanol–water partition coefficient (Wildman–Crippen LogP) is 0.566. The van der Waals surface area contributed by atoms with Crippen molar-refractivity contribution in [3.8, 4) is 0 Å². The minimum atomic E-state index is 0.210. The average molecular weight is 184 g/mol. The molecule has 0 spiro atoms. The first-order valence-electron chi connectivity index (χ1n) is 4.02. The molecule has 66 valence electrons. The number of anilines is 1. The van der Waals surface area contributed by atoms with E-state index in [4.69, 9.17) is 11.6 Å². The third kappa shape index (κ3) is 1.20. The number of hydrogen-bond acceptors (Lipinski definition) is 5. The third-order valence-electron chi connectivity index (χ3n) is 2.17. The van der Waals surface area contributed by atoms with E-state index < -0.39 is 0 Å². The van der Waals surface area contributed by atoms with E-state index in [0.717, 1.165) is 18.5 Å². The van der Waals surface area contributed by atoms with Gasteiger partial charge in [0.25, 0.3) is 0 Å². The number of aryl methyl sites for hydroxylation is 1. The second kappa shape index (κ2) is 3.01. The van der Waals surface area contributed by atoms with Crippen LogP contribution in [0.2, 0.25) is 0 Å². The molecule has 0 saturated heterocycles. The summed E-state index contributed by atoms with van der Waals surface area (Å²) < 4.78 is 0. The van der Waals surface area contributed by atoms with E-state index in [9.17, 15) is 0 Å². The maximum absolute atomic E-state index is 5.61. The van der Waals surface area contributed by atoms with Gasteiger partial charge in [0.1, 0.15) is 0 Å². The van der Waals surface area contributed by atoms with Gasteiger partial charge in [-0.3, -0.25) is 11.3 Å². The van der Waals surface area contributed by atoms with Gasteiger partial charge in [-0.2, -0.15) is 0 Å². The van der Waals surface area contributed by atoms with Crippen molar-refractivity contribution < 1.29 is 0 Å². The van der Waals surface area contributed by atoms with Crippen molar-refractivity contribution in [2.24, 2.45) is 5.84 Å². The van der Waals surface area contributed by atoms with Crippen LogP contribution in [0.5, 0.6) is 0 Å². The van der Waals surface area contributed by atoms with Crippen LogP contribution >= 0.6 is 11.3 Å². The lowest BCUT2D eigenvalue weighted by atomic mass is 9.98. The summed E-state index contributed by atoms with van der Waals surface area (Å²) >= 11 is 1.58. The van der Waals surface area contributed by atoms with Crippen molar-refractivity contribution in [1.29, 1.82) is 0 Å². The van der Waals surface area contributed by atoms with Gasteiger partial charge >= 0.3 is 0 Å². The fourth-order valence-electron chi connectivity index (χ4n) is 1.60. The van der Waals surface area contributed by atoms with Crippen LogP contribution in [0.25, 0.3) is 0 Å². The molecule has 0 aromatic carbocycles. The number of hydrazine groups is 1. The van der Waals surface area contributed by atoms with E-state index in [-0.39, 0.29) is 6.04 Å². The van der Waals surface area contributed by atoms with E-state index in [2.05, 4.69) is 10.4 Å². The molecule has 5 heteroatoms. The summed E-state index contributed by atoms with van der Waals surface area (Å²) in [7, 11) is 0. The maximum Gasteiger partial charge on any atom is 0.180 e. The molecule has 1 atom stereocenters. The normalized spacial score (nSPS) is 22.2. The molecule has 1 unspecified atom stereocenters. The zero-order valence-corrected chi connectivity index (χ0v) is 7.53. The molecule has 1 aliphatic carbocycles.